The maximum absolute atomic E-state index is 9.89. The van der Waals surface area contributed by atoms with Gasteiger partial charge in [-0.25, -0.2) is 4.62 Å². The minimum absolute atomic E-state index is 0.150. The van der Waals surface area contributed by atoms with Crippen LogP contribution < -0.4 is 0 Å². The van der Waals surface area contributed by atoms with Crippen molar-refractivity contribution in [3.8, 4) is 0 Å². The Kier molecular flexibility index (Phi) is 1.44. The van der Waals surface area contributed by atoms with Gasteiger partial charge >= 0.3 is 0 Å². The van der Waals surface area contributed by atoms with Crippen LogP contribution in [-0.4, -0.2) is 17.1 Å². The van der Waals surface area contributed by atoms with Crippen molar-refractivity contribution in [2.45, 2.75) is 19.4 Å². The van der Waals surface area contributed by atoms with E-state index in [1.54, 1.807) is 5.06 Å². The van der Waals surface area contributed by atoms with Crippen LogP contribution in [0.2, 0.25) is 0 Å². The van der Waals surface area contributed by atoms with Crippen LogP contribution >= 0.6 is 8.69 Å². The van der Waals surface area contributed by atoms with Crippen LogP contribution in [0.15, 0.2) is 0 Å². The highest BCUT2D eigenvalue weighted by Gasteiger charge is 2.44. The molecule has 0 aromatic heterocycles. The van der Waals surface area contributed by atoms with E-state index in [2.05, 4.69) is 0 Å². The number of hydrogen-bond acceptors (Lipinski definition) is 3. The molecule has 4 heteroatoms. The number of hydrogen-bond donors (Lipinski definition) is 0. The van der Waals surface area contributed by atoms with Gasteiger partial charge in [0.15, 0.2) is 8.69 Å². The molecule has 0 aromatic carbocycles. The summed E-state index contributed by atoms with van der Waals surface area (Å²) in [5.41, 5.74) is 0.150. The third-order valence-electron chi connectivity index (χ3n) is 1.27. The van der Waals surface area contributed by atoms with E-state index in [0.717, 1.165) is 6.54 Å². The highest BCUT2D eigenvalue weighted by atomic mass is 31.1. The molecule has 48 valence electrons. The molecular weight excluding hydrogens is 125 g/mol. The molecule has 0 bridgehead atoms. The molecule has 1 saturated heterocycles. The maximum atomic E-state index is 9.89. The second-order valence-corrected chi connectivity index (χ2v) is 2.95. The molecule has 1 aliphatic rings. The molecule has 0 spiro atoms. The normalized spacial score (nSPS) is 34.0. The van der Waals surface area contributed by atoms with E-state index in [9.17, 15) is 4.57 Å². The lowest BCUT2D eigenvalue weighted by Crippen LogP contribution is -2.04. The molecule has 2 unspecified atom stereocenters. The van der Waals surface area contributed by atoms with Gasteiger partial charge in [-0.1, -0.05) is 0 Å². The summed E-state index contributed by atoms with van der Waals surface area (Å²) in [6.45, 7) is 4.99. The summed E-state index contributed by atoms with van der Waals surface area (Å²) in [5, 5.41) is 1.72. The van der Waals surface area contributed by atoms with Crippen molar-refractivity contribution in [3.63, 3.8) is 0 Å². The van der Waals surface area contributed by atoms with Crippen LogP contribution in [0.25, 0.3) is 0 Å². The molecule has 0 aliphatic carbocycles. The smallest absolute Gasteiger partial charge is 0.199 e. The van der Waals surface area contributed by atoms with E-state index in [1.807, 2.05) is 13.8 Å². The molecule has 0 N–H and O–H groups in total. The molecule has 1 rings (SSSR count). The van der Waals surface area contributed by atoms with Crippen LogP contribution in [0.1, 0.15) is 13.8 Å². The van der Waals surface area contributed by atoms with Crippen molar-refractivity contribution in [2.75, 3.05) is 6.54 Å². The highest BCUT2D eigenvalue weighted by molar-refractivity contribution is 7.17. The van der Waals surface area contributed by atoms with Gasteiger partial charge in [-0.3, -0.25) is 4.57 Å². The Labute approximate surface area is 49.9 Å². The summed E-state index contributed by atoms with van der Waals surface area (Å²) in [7, 11) is -1.06. The molecule has 3 nitrogen and oxygen atoms in total. The Bertz CT molecular complexity index is 115. The van der Waals surface area contributed by atoms with Crippen LogP contribution in [0.3, 0.4) is 0 Å². The van der Waals surface area contributed by atoms with Crippen molar-refractivity contribution in [3.05, 3.63) is 0 Å². The molecule has 0 saturated carbocycles. The molecule has 1 fully saturated rings. The number of rotatable bonds is 2. The van der Waals surface area contributed by atoms with Crippen molar-refractivity contribution < 1.29 is 9.19 Å². The highest BCUT2D eigenvalue weighted by Crippen LogP contribution is 2.32. The fourth-order valence-electron chi connectivity index (χ4n) is 0.548. The van der Waals surface area contributed by atoms with Crippen LogP contribution in [0.4, 0.5) is 0 Å². The van der Waals surface area contributed by atoms with Gasteiger partial charge < -0.3 is 0 Å². The van der Waals surface area contributed by atoms with Gasteiger partial charge in [0.25, 0.3) is 0 Å². The van der Waals surface area contributed by atoms with Crippen LogP contribution in [-0.2, 0) is 9.19 Å². The first-order valence-corrected chi connectivity index (χ1v) is 3.49. The molecule has 0 radical (unpaired) electrons. The van der Waals surface area contributed by atoms with Crippen molar-refractivity contribution in [1.29, 1.82) is 0 Å². The number of nitrogens with zero attached hydrogens (tertiary/aromatic N) is 1. The van der Waals surface area contributed by atoms with E-state index < -0.39 is 8.69 Å². The summed E-state index contributed by atoms with van der Waals surface area (Å²) in [6.07, 6.45) is 0. The Hall–Kier alpha value is 0.150. The lowest BCUT2D eigenvalue weighted by atomic mass is 10.2. The van der Waals surface area contributed by atoms with E-state index in [-0.39, 0.29) is 5.54 Å². The Morgan fingerprint density at radius 3 is 2.38 bits per heavy atom. The zero-order valence-corrected chi connectivity index (χ0v) is 6.20. The summed E-state index contributed by atoms with van der Waals surface area (Å²) in [5.74, 6) is 0. The van der Waals surface area contributed by atoms with Crippen molar-refractivity contribution >= 4 is 8.69 Å². The SMILES string of the molecule is CC1(C)CN1O[PH2]=O. The summed E-state index contributed by atoms with van der Waals surface area (Å²) in [6, 6.07) is 0. The zero-order valence-electron chi connectivity index (χ0n) is 5.05. The van der Waals surface area contributed by atoms with Gasteiger partial charge in [-0.2, -0.15) is 5.06 Å². The summed E-state index contributed by atoms with van der Waals surface area (Å²) >= 11 is 0. The van der Waals surface area contributed by atoms with Gasteiger partial charge in [0.2, 0.25) is 0 Å². The Morgan fingerprint density at radius 1 is 1.75 bits per heavy atom. The zero-order chi connectivity index (χ0) is 6.20. The van der Waals surface area contributed by atoms with Gasteiger partial charge in [0, 0.05) is 6.54 Å². The van der Waals surface area contributed by atoms with E-state index >= 15 is 0 Å². The average Bonchev–Trinajstić information content (AvgIpc) is 2.15. The van der Waals surface area contributed by atoms with Gasteiger partial charge in [0.05, 0.1) is 5.54 Å². The minimum atomic E-state index is -1.06. The third kappa shape index (κ3) is 1.10. The summed E-state index contributed by atoms with van der Waals surface area (Å²) in [4.78, 5) is 0. The lowest BCUT2D eigenvalue weighted by molar-refractivity contribution is 0.0525. The quantitative estimate of drug-likeness (QED) is 0.412. The Morgan fingerprint density at radius 2 is 2.25 bits per heavy atom. The van der Waals surface area contributed by atoms with Gasteiger partial charge in [-0.05, 0) is 13.8 Å². The van der Waals surface area contributed by atoms with E-state index in [4.69, 9.17) is 4.62 Å². The first-order chi connectivity index (χ1) is 3.67. The molecular formula is C4H10NO2P. The largest absolute Gasteiger partial charge is 0.298 e. The first-order valence-electron chi connectivity index (χ1n) is 2.55. The second kappa shape index (κ2) is 1.83. The molecule has 1 aliphatic heterocycles. The number of hydroxylamine groups is 2. The van der Waals surface area contributed by atoms with Crippen LogP contribution in [0, 0.1) is 0 Å². The molecule has 0 amide bonds. The molecule has 1 heterocycles. The minimum Gasteiger partial charge on any atom is -0.298 e. The van der Waals surface area contributed by atoms with E-state index in [0.29, 0.717) is 0 Å². The van der Waals surface area contributed by atoms with Crippen LogP contribution in [0.5, 0.6) is 0 Å². The molecule has 8 heavy (non-hydrogen) atoms. The third-order valence-corrected chi connectivity index (χ3v) is 1.61. The molecule has 0 aromatic rings. The predicted octanol–water partition coefficient (Wildman–Crippen LogP) is 0.683. The van der Waals surface area contributed by atoms with Gasteiger partial charge in [0.1, 0.15) is 0 Å². The standard InChI is InChI=1S/C4H10NO2P/c1-4(2)3-5(4)7-8-6/h3,8H2,1-2H3. The fourth-order valence-corrected chi connectivity index (χ4v) is 1.01. The Balaban J connectivity index is 2.26. The maximum Gasteiger partial charge on any atom is 0.199 e. The molecule has 2 atom stereocenters. The fraction of sp³-hybridized carbons (Fsp3) is 1.00. The van der Waals surface area contributed by atoms with Crippen molar-refractivity contribution in [1.82, 2.24) is 5.06 Å². The predicted molar refractivity (Wildman–Crippen MR) is 32.3 cm³/mol. The van der Waals surface area contributed by atoms with E-state index in [1.165, 1.54) is 0 Å². The first kappa shape index (κ1) is 6.27. The average molecular weight is 135 g/mol. The van der Waals surface area contributed by atoms with Gasteiger partial charge in [-0.15, -0.1) is 0 Å². The lowest BCUT2D eigenvalue weighted by Gasteiger charge is -1.99. The topological polar surface area (TPSA) is 29.3 Å². The monoisotopic (exact) mass is 135 g/mol. The van der Waals surface area contributed by atoms with Crippen molar-refractivity contribution in [2.24, 2.45) is 0 Å². The second-order valence-electron chi connectivity index (χ2n) is 2.55. The summed E-state index contributed by atoms with van der Waals surface area (Å²) < 4.78 is 14.6.